The second-order valence-electron chi connectivity index (χ2n) is 7.65. The van der Waals surface area contributed by atoms with Crippen molar-refractivity contribution in [2.45, 2.75) is 59.3 Å². The Hall–Kier alpha value is 0.210. The van der Waals surface area contributed by atoms with E-state index >= 15 is 0 Å². The number of hydrogen-bond acceptors (Lipinski definition) is 2. The highest BCUT2D eigenvalue weighted by Crippen LogP contribution is 2.42. The standard InChI is InChI=1S/C16H32N2.ClH/c1-14(2)10-16(6-4-5-7-16)13-18-12-15(3)8-9-17-11-15;/h14,17-18H,4-13H2,1-3H3;1H. The van der Waals surface area contributed by atoms with Gasteiger partial charge in [-0.1, -0.05) is 33.6 Å². The molecular formula is C16H33ClN2. The molecule has 1 unspecified atom stereocenters. The molecule has 2 nitrogen and oxygen atoms in total. The fourth-order valence-electron chi connectivity index (χ4n) is 4.09. The summed E-state index contributed by atoms with van der Waals surface area (Å²) in [7, 11) is 0. The molecule has 0 spiro atoms. The van der Waals surface area contributed by atoms with Crippen LogP contribution in [0.1, 0.15) is 59.3 Å². The van der Waals surface area contributed by atoms with Crippen LogP contribution in [0.5, 0.6) is 0 Å². The van der Waals surface area contributed by atoms with Gasteiger partial charge in [0, 0.05) is 19.6 Å². The van der Waals surface area contributed by atoms with Crippen LogP contribution in [0.25, 0.3) is 0 Å². The summed E-state index contributed by atoms with van der Waals surface area (Å²) in [5.74, 6) is 0.841. The lowest BCUT2D eigenvalue weighted by molar-refractivity contribution is 0.209. The quantitative estimate of drug-likeness (QED) is 0.780. The zero-order chi connectivity index (χ0) is 13.1. The summed E-state index contributed by atoms with van der Waals surface area (Å²) in [6, 6.07) is 0. The lowest BCUT2D eigenvalue weighted by Gasteiger charge is -2.33. The minimum atomic E-state index is 0. The van der Waals surface area contributed by atoms with E-state index in [0.717, 1.165) is 5.92 Å². The zero-order valence-corrected chi connectivity index (χ0v) is 13.9. The fourth-order valence-corrected chi connectivity index (χ4v) is 4.09. The van der Waals surface area contributed by atoms with Crippen molar-refractivity contribution in [1.29, 1.82) is 0 Å². The Balaban J connectivity index is 0.00000180. The second-order valence-corrected chi connectivity index (χ2v) is 7.65. The molecule has 0 radical (unpaired) electrons. The van der Waals surface area contributed by atoms with Crippen molar-refractivity contribution in [3.05, 3.63) is 0 Å². The molecule has 0 bridgehead atoms. The molecule has 1 aliphatic heterocycles. The number of rotatable bonds is 6. The van der Waals surface area contributed by atoms with E-state index in [9.17, 15) is 0 Å². The maximum atomic E-state index is 3.82. The Kier molecular flexibility index (Phi) is 6.62. The van der Waals surface area contributed by atoms with Gasteiger partial charge in [-0.25, -0.2) is 0 Å². The monoisotopic (exact) mass is 288 g/mol. The van der Waals surface area contributed by atoms with Gasteiger partial charge in [-0.2, -0.15) is 0 Å². The second kappa shape index (κ2) is 7.28. The summed E-state index contributed by atoms with van der Waals surface area (Å²) in [6.07, 6.45) is 8.55. The van der Waals surface area contributed by atoms with Crippen LogP contribution in [-0.4, -0.2) is 26.2 Å². The maximum Gasteiger partial charge on any atom is 0.00180 e. The minimum Gasteiger partial charge on any atom is -0.316 e. The first-order chi connectivity index (χ1) is 8.54. The van der Waals surface area contributed by atoms with Crippen molar-refractivity contribution < 1.29 is 0 Å². The van der Waals surface area contributed by atoms with Gasteiger partial charge in [-0.3, -0.25) is 0 Å². The van der Waals surface area contributed by atoms with Crippen LogP contribution < -0.4 is 10.6 Å². The average Bonchev–Trinajstić information content (AvgIpc) is 2.88. The molecule has 1 heterocycles. The largest absolute Gasteiger partial charge is 0.316 e. The molecule has 1 saturated heterocycles. The smallest absolute Gasteiger partial charge is 0.00180 e. The summed E-state index contributed by atoms with van der Waals surface area (Å²) < 4.78 is 0. The van der Waals surface area contributed by atoms with Crippen molar-refractivity contribution in [2.24, 2.45) is 16.7 Å². The first kappa shape index (κ1) is 17.3. The van der Waals surface area contributed by atoms with E-state index in [1.807, 2.05) is 0 Å². The Morgan fingerprint density at radius 2 is 1.79 bits per heavy atom. The van der Waals surface area contributed by atoms with Gasteiger partial charge in [-0.15, -0.1) is 12.4 Å². The van der Waals surface area contributed by atoms with E-state index in [-0.39, 0.29) is 12.4 Å². The Morgan fingerprint density at radius 3 is 2.32 bits per heavy atom. The van der Waals surface area contributed by atoms with Crippen molar-refractivity contribution in [3.8, 4) is 0 Å². The van der Waals surface area contributed by atoms with Gasteiger partial charge >= 0.3 is 0 Å². The summed E-state index contributed by atoms with van der Waals surface area (Å²) in [5, 5.41) is 7.31. The summed E-state index contributed by atoms with van der Waals surface area (Å²) in [4.78, 5) is 0. The molecule has 2 fully saturated rings. The summed E-state index contributed by atoms with van der Waals surface area (Å²) in [5.41, 5.74) is 1.12. The van der Waals surface area contributed by atoms with Gasteiger partial charge in [-0.05, 0) is 49.0 Å². The van der Waals surface area contributed by atoms with Crippen LogP contribution in [0.3, 0.4) is 0 Å². The van der Waals surface area contributed by atoms with Crippen molar-refractivity contribution in [1.82, 2.24) is 10.6 Å². The van der Waals surface area contributed by atoms with Crippen LogP contribution in [0, 0.1) is 16.7 Å². The van der Waals surface area contributed by atoms with Gasteiger partial charge in [0.1, 0.15) is 0 Å². The topological polar surface area (TPSA) is 24.1 Å². The molecule has 0 amide bonds. The number of halogens is 1. The first-order valence-corrected chi connectivity index (χ1v) is 7.95. The van der Waals surface area contributed by atoms with Gasteiger partial charge in [0.25, 0.3) is 0 Å². The normalized spacial score (nSPS) is 29.7. The first-order valence-electron chi connectivity index (χ1n) is 7.95. The van der Waals surface area contributed by atoms with Gasteiger partial charge in [0.2, 0.25) is 0 Å². The number of nitrogens with one attached hydrogen (secondary N) is 2. The lowest BCUT2D eigenvalue weighted by atomic mass is 9.78. The molecule has 0 aromatic heterocycles. The third kappa shape index (κ3) is 4.91. The molecule has 0 aromatic rings. The average molecular weight is 289 g/mol. The van der Waals surface area contributed by atoms with E-state index < -0.39 is 0 Å². The van der Waals surface area contributed by atoms with E-state index in [4.69, 9.17) is 0 Å². The molecule has 1 saturated carbocycles. The molecule has 1 aliphatic carbocycles. The molecule has 2 N–H and O–H groups in total. The maximum absolute atomic E-state index is 3.82. The molecule has 2 aliphatic rings. The Labute approximate surface area is 125 Å². The highest BCUT2D eigenvalue weighted by atomic mass is 35.5. The van der Waals surface area contributed by atoms with Crippen LogP contribution in [0.4, 0.5) is 0 Å². The molecule has 19 heavy (non-hydrogen) atoms. The Morgan fingerprint density at radius 1 is 1.11 bits per heavy atom. The van der Waals surface area contributed by atoms with Crippen molar-refractivity contribution >= 4 is 12.4 Å². The summed E-state index contributed by atoms with van der Waals surface area (Å²) >= 11 is 0. The van der Waals surface area contributed by atoms with Gasteiger partial charge in [0.05, 0.1) is 0 Å². The van der Waals surface area contributed by atoms with E-state index in [2.05, 4.69) is 31.4 Å². The highest BCUT2D eigenvalue weighted by Gasteiger charge is 2.35. The SMILES string of the molecule is CC(C)CC1(CNCC2(C)CCNC2)CCCC1.Cl. The predicted molar refractivity (Wildman–Crippen MR) is 86.1 cm³/mol. The zero-order valence-electron chi connectivity index (χ0n) is 13.1. The fraction of sp³-hybridized carbons (Fsp3) is 1.00. The number of hydrogen-bond donors (Lipinski definition) is 2. The molecule has 2 rings (SSSR count). The van der Waals surface area contributed by atoms with Crippen LogP contribution in [0.2, 0.25) is 0 Å². The van der Waals surface area contributed by atoms with E-state index in [0.29, 0.717) is 10.8 Å². The molecule has 114 valence electrons. The van der Waals surface area contributed by atoms with Crippen molar-refractivity contribution in [2.75, 3.05) is 26.2 Å². The van der Waals surface area contributed by atoms with Gasteiger partial charge < -0.3 is 10.6 Å². The molecule has 3 heteroatoms. The highest BCUT2D eigenvalue weighted by molar-refractivity contribution is 5.85. The van der Waals surface area contributed by atoms with Crippen LogP contribution in [-0.2, 0) is 0 Å². The third-order valence-corrected chi connectivity index (χ3v) is 5.01. The summed E-state index contributed by atoms with van der Waals surface area (Å²) in [6.45, 7) is 12.0. The molecular weight excluding hydrogens is 256 g/mol. The minimum absolute atomic E-state index is 0. The Bertz CT molecular complexity index is 253. The van der Waals surface area contributed by atoms with Crippen LogP contribution in [0.15, 0.2) is 0 Å². The lowest BCUT2D eigenvalue weighted by Crippen LogP contribution is -2.40. The van der Waals surface area contributed by atoms with Crippen molar-refractivity contribution in [3.63, 3.8) is 0 Å². The van der Waals surface area contributed by atoms with Crippen LogP contribution >= 0.6 is 12.4 Å². The van der Waals surface area contributed by atoms with Gasteiger partial charge in [0.15, 0.2) is 0 Å². The van der Waals surface area contributed by atoms with E-state index in [1.165, 1.54) is 64.7 Å². The van der Waals surface area contributed by atoms with E-state index in [1.54, 1.807) is 0 Å². The molecule has 1 atom stereocenters. The predicted octanol–water partition coefficient (Wildman–Crippen LogP) is 3.60. The molecule has 0 aromatic carbocycles. The third-order valence-electron chi connectivity index (χ3n) is 5.01.